The Bertz CT molecular complexity index is 784. The molecule has 1 amide bonds. The molecule has 1 aromatic heterocycles. The third-order valence-electron chi connectivity index (χ3n) is 4.56. The second kappa shape index (κ2) is 8.82. The Morgan fingerprint density at radius 2 is 1.96 bits per heavy atom. The first-order chi connectivity index (χ1) is 12.6. The van der Waals surface area contributed by atoms with E-state index in [4.69, 9.17) is 0 Å². The molecule has 136 valence electrons. The fraction of sp³-hybridized carbons (Fsp3) is 0.350. The van der Waals surface area contributed by atoms with Crippen molar-refractivity contribution in [3.8, 4) is 5.69 Å². The molecular weight excluding hydrogens is 412 g/mol. The van der Waals surface area contributed by atoms with Crippen molar-refractivity contribution in [2.24, 2.45) is 5.92 Å². The predicted molar refractivity (Wildman–Crippen MR) is 107 cm³/mol. The van der Waals surface area contributed by atoms with Gasteiger partial charge in [0.15, 0.2) is 6.20 Å². The number of para-hydroxylation sites is 1. The van der Waals surface area contributed by atoms with Gasteiger partial charge in [0.1, 0.15) is 6.04 Å². The molecule has 6 heteroatoms. The van der Waals surface area contributed by atoms with E-state index in [1.807, 2.05) is 43.5 Å². The molecule has 26 heavy (non-hydrogen) atoms. The minimum atomic E-state index is -0.305. The van der Waals surface area contributed by atoms with Gasteiger partial charge in [-0.2, -0.15) is 4.57 Å². The summed E-state index contributed by atoms with van der Waals surface area (Å²) in [5.41, 5.74) is 1.10. The number of halogens is 1. The summed E-state index contributed by atoms with van der Waals surface area (Å²) >= 11 is 4.69. The summed E-state index contributed by atoms with van der Waals surface area (Å²) in [7, 11) is 0. The Hall–Kier alpha value is -1.66. The molecular formula is C20H22BrN2O2S+. The number of thioether (sulfide) groups is 1. The second-order valence-electron chi connectivity index (χ2n) is 6.45. The fourth-order valence-electron chi connectivity index (χ4n) is 3.18. The Morgan fingerprint density at radius 1 is 1.23 bits per heavy atom. The van der Waals surface area contributed by atoms with Crippen LogP contribution in [0.4, 0.5) is 0 Å². The fourth-order valence-corrected chi connectivity index (χ4v) is 4.70. The number of pyridine rings is 1. The van der Waals surface area contributed by atoms with Crippen molar-refractivity contribution in [2.75, 3.05) is 12.3 Å². The van der Waals surface area contributed by atoms with Gasteiger partial charge in [-0.1, -0.05) is 36.9 Å². The van der Waals surface area contributed by atoms with E-state index in [1.54, 1.807) is 16.7 Å². The van der Waals surface area contributed by atoms with Gasteiger partial charge in [-0.05, 0) is 34.8 Å². The van der Waals surface area contributed by atoms with Crippen LogP contribution in [0.2, 0.25) is 0 Å². The summed E-state index contributed by atoms with van der Waals surface area (Å²) in [5, 5.41) is 1.09. The lowest BCUT2D eigenvalue weighted by atomic mass is 10.1. The first-order valence-corrected chi connectivity index (χ1v) is 10.5. The Kier molecular flexibility index (Phi) is 6.48. The maximum absolute atomic E-state index is 12.8. The number of carbonyl (C=O) groups excluding carboxylic acids is 2. The van der Waals surface area contributed by atoms with Gasteiger partial charge in [-0.25, -0.2) is 0 Å². The van der Waals surface area contributed by atoms with Crippen molar-refractivity contribution < 1.29 is 14.2 Å². The molecule has 0 saturated carbocycles. The van der Waals surface area contributed by atoms with Crippen LogP contribution >= 0.6 is 27.7 Å². The van der Waals surface area contributed by atoms with Crippen LogP contribution in [0.5, 0.6) is 0 Å². The predicted octanol–water partition coefficient (Wildman–Crippen LogP) is 3.60. The minimum Gasteiger partial charge on any atom is -0.331 e. The normalized spacial score (nSPS) is 17.9. The zero-order chi connectivity index (χ0) is 18.5. The first-order valence-electron chi connectivity index (χ1n) is 8.76. The number of carbonyl (C=O) groups is 2. The molecule has 0 N–H and O–H groups in total. The number of amides is 1. The van der Waals surface area contributed by atoms with Crippen LogP contribution in [-0.2, 0) is 9.59 Å². The molecule has 2 heterocycles. The molecule has 3 rings (SSSR count). The molecule has 2 atom stereocenters. The van der Waals surface area contributed by atoms with Crippen LogP contribution in [-0.4, -0.2) is 33.8 Å². The Balaban J connectivity index is 1.68. The third-order valence-corrected chi connectivity index (χ3v) is 6.38. The van der Waals surface area contributed by atoms with Gasteiger partial charge in [0, 0.05) is 42.5 Å². The van der Waals surface area contributed by atoms with Gasteiger partial charge in [-0.3, -0.25) is 9.59 Å². The minimum absolute atomic E-state index is 0.0648. The van der Waals surface area contributed by atoms with E-state index in [0.29, 0.717) is 12.3 Å². The van der Waals surface area contributed by atoms with E-state index < -0.39 is 0 Å². The number of rotatable bonds is 6. The van der Waals surface area contributed by atoms with E-state index >= 15 is 0 Å². The average molecular weight is 434 g/mol. The quantitative estimate of drug-likeness (QED) is 0.396. The average Bonchev–Trinajstić information content (AvgIpc) is 3.16. The molecule has 1 fully saturated rings. The van der Waals surface area contributed by atoms with Crippen LogP contribution in [0, 0.1) is 5.92 Å². The van der Waals surface area contributed by atoms with Crippen molar-refractivity contribution in [2.45, 2.75) is 30.8 Å². The van der Waals surface area contributed by atoms with E-state index in [-0.39, 0.29) is 22.6 Å². The summed E-state index contributed by atoms with van der Waals surface area (Å²) in [6.45, 7) is 2.62. The molecule has 0 aliphatic carbocycles. The first kappa shape index (κ1) is 19.1. The van der Waals surface area contributed by atoms with E-state index in [2.05, 4.69) is 38.7 Å². The highest BCUT2D eigenvalue weighted by Gasteiger charge is 2.35. The number of hydrogen-bond acceptors (Lipinski definition) is 3. The van der Waals surface area contributed by atoms with Gasteiger partial charge >= 0.3 is 0 Å². The number of benzene rings is 1. The van der Waals surface area contributed by atoms with Crippen molar-refractivity contribution in [3.05, 3.63) is 54.7 Å². The van der Waals surface area contributed by atoms with Gasteiger partial charge < -0.3 is 4.90 Å². The molecule has 2 aromatic rings. The largest absolute Gasteiger partial charge is 0.331 e. The van der Waals surface area contributed by atoms with E-state index in [0.717, 1.165) is 23.6 Å². The zero-order valence-electron chi connectivity index (χ0n) is 14.7. The van der Waals surface area contributed by atoms with Gasteiger partial charge in [-0.15, -0.1) is 0 Å². The molecule has 1 aliphatic rings. The van der Waals surface area contributed by atoms with E-state index in [9.17, 15) is 9.59 Å². The standard InChI is InChI=1S/C20H22BrN2O2S/c1-15(20(25)23-13-7-10-17(23)19(21)24)14-26-18-11-5-6-12-22(18)16-8-3-2-4-9-16/h2-6,8-9,11-12,15,17H,7,10,13-14H2,1H3/q+1/t15?,17-/m0/s1. The summed E-state index contributed by atoms with van der Waals surface area (Å²) in [6.07, 6.45) is 3.67. The number of aromatic nitrogens is 1. The van der Waals surface area contributed by atoms with Crippen molar-refractivity contribution >= 4 is 38.3 Å². The van der Waals surface area contributed by atoms with Crippen LogP contribution in [0.15, 0.2) is 59.8 Å². The molecule has 4 nitrogen and oxygen atoms in total. The lowest BCUT2D eigenvalue weighted by molar-refractivity contribution is -0.636. The second-order valence-corrected chi connectivity index (χ2v) is 8.27. The van der Waals surface area contributed by atoms with Crippen LogP contribution in [0.25, 0.3) is 5.69 Å². The highest BCUT2D eigenvalue weighted by molar-refractivity contribution is 9.18. The highest BCUT2D eigenvalue weighted by atomic mass is 79.9. The molecule has 1 unspecified atom stereocenters. The van der Waals surface area contributed by atoms with Crippen molar-refractivity contribution in [1.82, 2.24) is 4.90 Å². The van der Waals surface area contributed by atoms with Crippen LogP contribution in [0.3, 0.4) is 0 Å². The number of likely N-dealkylation sites (tertiary alicyclic amines) is 1. The molecule has 0 radical (unpaired) electrons. The van der Waals surface area contributed by atoms with Crippen LogP contribution in [0.1, 0.15) is 19.8 Å². The SMILES string of the molecule is CC(CSc1cccc[n+]1-c1ccccc1)C(=O)N1CCC[C@H]1C(=O)Br. The summed E-state index contributed by atoms with van der Waals surface area (Å²) < 4.78 is 2.04. The lowest BCUT2D eigenvalue weighted by Crippen LogP contribution is -2.42. The molecule has 1 aliphatic heterocycles. The number of hydrogen-bond donors (Lipinski definition) is 0. The van der Waals surface area contributed by atoms with Crippen LogP contribution < -0.4 is 4.57 Å². The number of nitrogens with zero attached hydrogens (tertiary/aromatic N) is 2. The third kappa shape index (κ3) is 4.35. The van der Waals surface area contributed by atoms with Gasteiger partial charge in [0.05, 0.1) is 0 Å². The van der Waals surface area contributed by atoms with Gasteiger partial charge in [0.25, 0.3) is 0 Å². The lowest BCUT2D eigenvalue weighted by Gasteiger charge is -2.25. The monoisotopic (exact) mass is 433 g/mol. The summed E-state index contributed by atoms with van der Waals surface area (Å²) in [6, 6.07) is 15.9. The molecule has 1 aromatic carbocycles. The maximum Gasteiger partial charge on any atom is 0.245 e. The van der Waals surface area contributed by atoms with Gasteiger partial charge in [0.2, 0.25) is 21.3 Å². The maximum atomic E-state index is 12.8. The zero-order valence-corrected chi connectivity index (χ0v) is 17.1. The van der Waals surface area contributed by atoms with Crippen molar-refractivity contribution in [1.29, 1.82) is 0 Å². The molecule has 0 spiro atoms. The van der Waals surface area contributed by atoms with Crippen molar-refractivity contribution in [3.63, 3.8) is 0 Å². The highest BCUT2D eigenvalue weighted by Crippen LogP contribution is 2.25. The van der Waals surface area contributed by atoms with E-state index in [1.165, 1.54) is 0 Å². The summed E-state index contributed by atoms with van der Waals surface area (Å²) in [5.74, 6) is 0.599. The Morgan fingerprint density at radius 3 is 2.69 bits per heavy atom. The summed E-state index contributed by atoms with van der Waals surface area (Å²) in [4.78, 5) is 26.2. The topological polar surface area (TPSA) is 41.3 Å². The smallest absolute Gasteiger partial charge is 0.245 e. The Labute approximate surface area is 166 Å². The molecule has 0 bridgehead atoms. The molecule has 1 saturated heterocycles.